The van der Waals surface area contributed by atoms with Crippen LogP contribution in [-0.2, 0) is 4.74 Å². The minimum absolute atomic E-state index is 0.310. The van der Waals surface area contributed by atoms with E-state index in [9.17, 15) is 4.79 Å². The Kier molecular flexibility index (Phi) is 4.44. The first-order valence-electron chi connectivity index (χ1n) is 7.62. The van der Waals surface area contributed by atoms with Crippen molar-refractivity contribution in [2.24, 2.45) is 0 Å². The van der Waals surface area contributed by atoms with Crippen molar-refractivity contribution < 1.29 is 9.53 Å². The quantitative estimate of drug-likeness (QED) is 0.678. The van der Waals surface area contributed by atoms with E-state index in [1.807, 2.05) is 31.2 Å². The minimum atomic E-state index is -0.310. The number of carbonyl (C=O) groups is 1. The van der Waals surface area contributed by atoms with Crippen molar-refractivity contribution in [2.45, 2.75) is 30.6 Å². The number of ether oxygens (including phenoxy) is 1. The summed E-state index contributed by atoms with van der Waals surface area (Å²) in [7, 11) is 0. The number of hydrogen-bond donors (Lipinski definition) is 1. The maximum atomic E-state index is 12.3. The number of H-pyrrole nitrogens is 1. The van der Waals surface area contributed by atoms with Crippen molar-refractivity contribution in [3.63, 3.8) is 0 Å². The summed E-state index contributed by atoms with van der Waals surface area (Å²) < 4.78 is 5.20. The van der Waals surface area contributed by atoms with Gasteiger partial charge in [-0.05, 0) is 50.1 Å². The van der Waals surface area contributed by atoms with Crippen LogP contribution in [0.3, 0.4) is 0 Å². The highest BCUT2D eigenvalue weighted by Crippen LogP contribution is 2.37. The zero-order valence-electron chi connectivity index (χ0n) is 13.5. The highest BCUT2D eigenvalue weighted by molar-refractivity contribution is 7.99. The molecular formula is C19H19NO2S. The standard InChI is InChI=1S/C19H19NO2S/c1-4-22-19(21)17-18(15-7-5-6-8-16(15)20-17)23-14-10-12(2)9-13(3)11-14/h5-11,20H,4H2,1-3H3. The van der Waals surface area contributed by atoms with Crippen molar-refractivity contribution in [1.29, 1.82) is 0 Å². The highest BCUT2D eigenvalue weighted by Gasteiger charge is 2.19. The van der Waals surface area contributed by atoms with E-state index in [4.69, 9.17) is 4.74 Å². The van der Waals surface area contributed by atoms with Crippen molar-refractivity contribution in [1.82, 2.24) is 4.98 Å². The lowest BCUT2D eigenvalue weighted by atomic mass is 10.2. The average molecular weight is 325 g/mol. The molecule has 0 bridgehead atoms. The van der Waals surface area contributed by atoms with Gasteiger partial charge < -0.3 is 9.72 Å². The Morgan fingerprint density at radius 1 is 1.13 bits per heavy atom. The molecule has 0 aliphatic carbocycles. The molecule has 0 unspecified atom stereocenters. The van der Waals surface area contributed by atoms with Gasteiger partial charge in [-0.1, -0.05) is 36.0 Å². The van der Waals surface area contributed by atoms with Crippen LogP contribution < -0.4 is 0 Å². The molecular weight excluding hydrogens is 306 g/mol. The summed E-state index contributed by atoms with van der Waals surface area (Å²) in [5.41, 5.74) is 3.90. The van der Waals surface area contributed by atoms with E-state index in [2.05, 4.69) is 37.0 Å². The van der Waals surface area contributed by atoms with Crippen LogP contribution in [0.5, 0.6) is 0 Å². The minimum Gasteiger partial charge on any atom is -0.461 e. The summed E-state index contributed by atoms with van der Waals surface area (Å²) in [6, 6.07) is 14.4. The maximum absolute atomic E-state index is 12.3. The van der Waals surface area contributed by atoms with Crippen molar-refractivity contribution >= 4 is 28.6 Å². The molecule has 1 aromatic heterocycles. The number of rotatable bonds is 4. The number of benzene rings is 2. The van der Waals surface area contributed by atoms with E-state index in [-0.39, 0.29) is 5.97 Å². The first-order valence-corrected chi connectivity index (χ1v) is 8.44. The Morgan fingerprint density at radius 3 is 2.52 bits per heavy atom. The first kappa shape index (κ1) is 15.7. The SMILES string of the molecule is CCOC(=O)c1[nH]c2ccccc2c1Sc1cc(C)cc(C)c1. The molecule has 3 rings (SSSR count). The number of aromatic nitrogens is 1. The zero-order valence-corrected chi connectivity index (χ0v) is 14.3. The van der Waals surface area contributed by atoms with Crippen LogP contribution in [0.1, 0.15) is 28.5 Å². The monoisotopic (exact) mass is 325 g/mol. The smallest absolute Gasteiger partial charge is 0.355 e. The normalized spacial score (nSPS) is 10.9. The largest absolute Gasteiger partial charge is 0.461 e. The summed E-state index contributed by atoms with van der Waals surface area (Å²) in [6.45, 7) is 6.34. The Labute approximate surface area is 140 Å². The van der Waals surface area contributed by atoms with E-state index in [0.717, 1.165) is 20.7 Å². The number of esters is 1. The molecule has 0 fully saturated rings. The van der Waals surface area contributed by atoms with Gasteiger partial charge in [-0.3, -0.25) is 0 Å². The summed E-state index contributed by atoms with van der Waals surface area (Å²) in [5, 5.41) is 1.04. The van der Waals surface area contributed by atoms with E-state index in [1.165, 1.54) is 11.1 Å². The molecule has 0 spiro atoms. The molecule has 2 aromatic carbocycles. The number of fused-ring (bicyclic) bond motifs is 1. The molecule has 3 aromatic rings. The van der Waals surface area contributed by atoms with Gasteiger partial charge >= 0.3 is 5.97 Å². The third kappa shape index (κ3) is 3.27. The molecule has 0 radical (unpaired) electrons. The molecule has 0 amide bonds. The lowest BCUT2D eigenvalue weighted by molar-refractivity contribution is 0.0516. The summed E-state index contributed by atoms with van der Waals surface area (Å²) in [4.78, 5) is 17.5. The molecule has 0 saturated heterocycles. The summed E-state index contributed by atoms with van der Waals surface area (Å²) >= 11 is 1.60. The number of carbonyl (C=O) groups excluding carboxylic acids is 1. The molecule has 4 heteroatoms. The average Bonchev–Trinajstić information content (AvgIpc) is 2.85. The Morgan fingerprint density at radius 2 is 1.83 bits per heavy atom. The number of aromatic amines is 1. The van der Waals surface area contributed by atoms with Crippen LogP contribution in [0.2, 0.25) is 0 Å². The van der Waals surface area contributed by atoms with Crippen LogP contribution in [0.4, 0.5) is 0 Å². The maximum Gasteiger partial charge on any atom is 0.355 e. The van der Waals surface area contributed by atoms with Gasteiger partial charge in [-0.15, -0.1) is 0 Å². The Balaban J connectivity index is 2.10. The summed E-state index contributed by atoms with van der Waals surface area (Å²) in [6.07, 6.45) is 0. The second kappa shape index (κ2) is 6.50. The van der Waals surface area contributed by atoms with Crippen LogP contribution in [-0.4, -0.2) is 17.6 Å². The molecule has 1 N–H and O–H groups in total. The van der Waals surface area contributed by atoms with Gasteiger partial charge in [0.05, 0.1) is 11.5 Å². The number of hydrogen-bond acceptors (Lipinski definition) is 3. The summed E-state index contributed by atoms with van der Waals surface area (Å²) in [5.74, 6) is -0.310. The fraction of sp³-hybridized carbons (Fsp3) is 0.211. The third-order valence-corrected chi connectivity index (χ3v) is 4.65. The van der Waals surface area contributed by atoms with Crippen molar-refractivity contribution in [2.75, 3.05) is 6.61 Å². The van der Waals surface area contributed by atoms with Crippen LogP contribution in [0.15, 0.2) is 52.3 Å². The fourth-order valence-corrected chi connectivity index (χ4v) is 3.93. The van der Waals surface area contributed by atoms with Crippen LogP contribution >= 0.6 is 11.8 Å². The topological polar surface area (TPSA) is 42.1 Å². The van der Waals surface area contributed by atoms with Crippen molar-refractivity contribution in [3.05, 3.63) is 59.3 Å². The van der Waals surface area contributed by atoms with Gasteiger partial charge in [0.25, 0.3) is 0 Å². The van der Waals surface area contributed by atoms with Crippen LogP contribution in [0.25, 0.3) is 10.9 Å². The third-order valence-electron chi connectivity index (χ3n) is 3.55. The van der Waals surface area contributed by atoms with E-state index in [0.29, 0.717) is 12.3 Å². The first-order chi connectivity index (χ1) is 11.1. The number of aryl methyl sites for hydroxylation is 2. The zero-order chi connectivity index (χ0) is 16.4. The van der Waals surface area contributed by atoms with Gasteiger partial charge in [0, 0.05) is 15.8 Å². The van der Waals surface area contributed by atoms with Crippen LogP contribution in [0, 0.1) is 13.8 Å². The van der Waals surface area contributed by atoms with E-state index >= 15 is 0 Å². The molecule has 0 aliphatic rings. The number of para-hydroxylation sites is 1. The predicted molar refractivity (Wildman–Crippen MR) is 94.3 cm³/mol. The van der Waals surface area contributed by atoms with Gasteiger partial charge in [-0.2, -0.15) is 0 Å². The lowest BCUT2D eigenvalue weighted by Gasteiger charge is -2.07. The number of nitrogens with one attached hydrogen (secondary N) is 1. The molecule has 0 atom stereocenters. The Hall–Kier alpha value is -2.20. The van der Waals surface area contributed by atoms with E-state index < -0.39 is 0 Å². The van der Waals surface area contributed by atoms with Gasteiger partial charge in [0.2, 0.25) is 0 Å². The lowest BCUT2D eigenvalue weighted by Crippen LogP contribution is -2.06. The predicted octanol–water partition coefficient (Wildman–Crippen LogP) is 5.11. The van der Waals surface area contributed by atoms with Gasteiger partial charge in [0.1, 0.15) is 5.69 Å². The Bertz CT molecular complexity index is 847. The molecule has 118 valence electrons. The molecule has 0 saturated carbocycles. The van der Waals surface area contributed by atoms with E-state index in [1.54, 1.807) is 11.8 Å². The molecule has 1 heterocycles. The second-order valence-electron chi connectivity index (χ2n) is 5.52. The second-order valence-corrected chi connectivity index (χ2v) is 6.60. The molecule has 23 heavy (non-hydrogen) atoms. The fourth-order valence-electron chi connectivity index (χ4n) is 2.68. The molecule has 0 aliphatic heterocycles. The molecule has 3 nitrogen and oxygen atoms in total. The van der Waals surface area contributed by atoms with Gasteiger partial charge in [0.15, 0.2) is 0 Å². The van der Waals surface area contributed by atoms with Gasteiger partial charge in [-0.25, -0.2) is 4.79 Å². The van der Waals surface area contributed by atoms with Crippen molar-refractivity contribution in [3.8, 4) is 0 Å². The highest BCUT2D eigenvalue weighted by atomic mass is 32.2.